The maximum absolute atomic E-state index is 11.3. The molecule has 1 heterocycles. The molecule has 0 fully saturated rings. The normalized spacial score (nSPS) is 12.3. The fraction of sp³-hybridized carbons (Fsp3) is 0.0625. The molecule has 8 nitrogen and oxygen atoms in total. The quantitative estimate of drug-likeness (QED) is 0.644. The van der Waals surface area contributed by atoms with E-state index in [4.69, 9.17) is 9.08 Å². The van der Waals surface area contributed by atoms with Gasteiger partial charge in [0.25, 0.3) is 20.2 Å². The van der Waals surface area contributed by atoms with Crippen LogP contribution in [0.25, 0.3) is 22.4 Å². The van der Waals surface area contributed by atoms with E-state index in [0.717, 1.165) is 0 Å². The summed E-state index contributed by atoms with van der Waals surface area (Å²) in [4.78, 5) is -0.548. The molecule has 26 heavy (non-hydrogen) atoms. The van der Waals surface area contributed by atoms with Gasteiger partial charge in [0.15, 0.2) is 0 Å². The lowest BCUT2D eigenvalue weighted by Crippen LogP contribution is -1.98. The molecule has 0 aliphatic heterocycles. The molecular formula is C16H13NO7S2. The minimum Gasteiger partial charge on any atom is -0.360 e. The number of hydrogen-bond acceptors (Lipinski definition) is 6. The van der Waals surface area contributed by atoms with Crippen molar-refractivity contribution in [3.63, 3.8) is 0 Å². The van der Waals surface area contributed by atoms with Crippen molar-refractivity contribution in [3.05, 3.63) is 54.3 Å². The molecule has 0 spiro atoms. The first-order valence-electron chi connectivity index (χ1n) is 7.19. The zero-order chi connectivity index (χ0) is 19.1. The molecule has 0 saturated heterocycles. The van der Waals surface area contributed by atoms with Gasteiger partial charge in [-0.1, -0.05) is 29.4 Å². The van der Waals surface area contributed by atoms with Crippen molar-refractivity contribution in [2.24, 2.45) is 0 Å². The molecule has 3 aromatic rings. The van der Waals surface area contributed by atoms with E-state index in [0.29, 0.717) is 28.1 Å². The molecule has 0 amide bonds. The van der Waals surface area contributed by atoms with E-state index in [1.54, 1.807) is 13.0 Å². The highest BCUT2D eigenvalue weighted by atomic mass is 32.2. The van der Waals surface area contributed by atoms with Crippen LogP contribution in [0.5, 0.6) is 0 Å². The van der Waals surface area contributed by atoms with Crippen molar-refractivity contribution in [1.82, 2.24) is 5.16 Å². The summed E-state index contributed by atoms with van der Waals surface area (Å²) in [5, 5.41) is 3.94. The third-order valence-electron chi connectivity index (χ3n) is 3.71. The van der Waals surface area contributed by atoms with Crippen LogP contribution in [0.3, 0.4) is 0 Å². The van der Waals surface area contributed by atoms with Crippen molar-refractivity contribution in [2.75, 3.05) is 0 Å². The van der Waals surface area contributed by atoms with Crippen LogP contribution in [-0.2, 0) is 20.2 Å². The Labute approximate surface area is 149 Å². The Morgan fingerprint density at radius 2 is 1.46 bits per heavy atom. The number of nitrogens with zero attached hydrogens (tertiary/aromatic N) is 1. The van der Waals surface area contributed by atoms with Crippen LogP contribution >= 0.6 is 0 Å². The van der Waals surface area contributed by atoms with Crippen LogP contribution in [0, 0.1) is 6.92 Å². The maximum Gasteiger partial charge on any atom is 0.294 e. The van der Waals surface area contributed by atoms with E-state index in [1.807, 2.05) is 0 Å². The molecule has 2 N–H and O–H groups in total. The smallest absolute Gasteiger partial charge is 0.294 e. The Bertz CT molecular complexity index is 1180. The average molecular weight is 395 g/mol. The van der Waals surface area contributed by atoms with Gasteiger partial charge in [0.2, 0.25) is 0 Å². The highest BCUT2D eigenvalue weighted by Crippen LogP contribution is 2.35. The summed E-state index contributed by atoms with van der Waals surface area (Å²) < 4.78 is 68.5. The molecule has 0 radical (unpaired) electrons. The first kappa shape index (κ1) is 18.3. The largest absolute Gasteiger partial charge is 0.360 e. The molecule has 0 aliphatic rings. The zero-order valence-electron chi connectivity index (χ0n) is 13.3. The highest BCUT2D eigenvalue weighted by Gasteiger charge is 2.19. The molecule has 0 aliphatic carbocycles. The topological polar surface area (TPSA) is 135 Å². The maximum atomic E-state index is 11.3. The summed E-state index contributed by atoms with van der Waals surface area (Å²) in [6, 6.07) is 11.0. The van der Waals surface area contributed by atoms with Crippen molar-refractivity contribution in [3.8, 4) is 22.4 Å². The molecule has 10 heteroatoms. The van der Waals surface area contributed by atoms with Gasteiger partial charge >= 0.3 is 0 Å². The molecule has 0 saturated carbocycles. The molecule has 1 aromatic heterocycles. The minimum absolute atomic E-state index is 0.259. The molecule has 3 rings (SSSR count). The first-order valence-corrected chi connectivity index (χ1v) is 10.1. The lowest BCUT2D eigenvalue weighted by molar-refractivity contribution is 0.400. The fourth-order valence-corrected chi connectivity index (χ4v) is 3.51. The van der Waals surface area contributed by atoms with Crippen molar-refractivity contribution >= 4 is 20.2 Å². The summed E-state index contributed by atoms with van der Waals surface area (Å²) in [6.45, 7) is 1.65. The lowest BCUT2D eigenvalue weighted by Gasteiger charge is -2.05. The minimum atomic E-state index is -4.38. The summed E-state index contributed by atoms with van der Waals surface area (Å²) in [5.74, 6) is 0.428. The van der Waals surface area contributed by atoms with Gasteiger partial charge < -0.3 is 4.52 Å². The lowest BCUT2D eigenvalue weighted by atomic mass is 10.00. The zero-order valence-corrected chi connectivity index (χ0v) is 15.0. The molecule has 0 atom stereocenters. The van der Waals surface area contributed by atoms with Crippen LogP contribution in [0.1, 0.15) is 5.76 Å². The highest BCUT2D eigenvalue weighted by molar-refractivity contribution is 7.86. The van der Waals surface area contributed by atoms with Crippen LogP contribution in [0.4, 0.5) is 0 Å². The molecule has 0 unspecified atom stereocenters. The Hall–Kier alpha value is -2.53. The van der Waals surface area contributed by atoms with E-state index < -0.39 is 20.2 Å². The van der Waals surface area contributed by atoms with Gasteiger partial charge in [-0.05, 0) is 36.8 Å². The predicted molar refractivity (Wildman–Crippen MR) is 91.7 cm³/mol. The number of benzene rings is 2. The SMILES string of the molecule is Cc1onc(-c2cccc(S(=O)(=O)O)c2)c1-c1ccc(S(=O)(=O)O)cc1. The number of hydrogen-bond donors (Lipinski definition) is 2. The summed E-state index contributed by atoms with van der Waals surface area (Å²) in [7, 11) is -8.70. The van der Waals surface area contributed by atoms with Gasteiger partial charge in [0, 0.05) is 5.56 Å². The second-order valence-corrected chi connectivity index (χ2v) is 8.31. The van der Waals surface area contributed by atoms with Crippen LogP contribution in [0.2, 0.25) is 0 Å². The monoisotopic (exact) mass is 395 g/mol. The Kier molecular flexibility index (Phi) is 4.44. The Morgan fingerprint density at radius 1 is 0.846 bits per heavy atom. The Balaban J connectivity index is 2.14. The second kappa shape index (κ2) is 6.32. The van der Waals surface area contributed by atoms with Crippen molar-refractivity contribution < 1.29 is 30.5 Å². The van der Waals surface area contributed by atoms with Crippen LogP contribution in [0.15, 0.2) is 62.8 Å². The molecule has 136 valence electrons. The van der Waals surface area contributed by atoms with E-state index in [1.165, 1.54) is 42.5 Å². The molecular weight excluding hydrogens is 382 g/mol. The van der Waals surface area contributed by atoms with Gasteiger partial charge in [-0.3, -0.25) is 9.11 Å². The van der Waals surface area contributed by atoms with Crippen molar-refractivity contribution in [2.45, 2.75) is 16.7 Å². The Morgan fingerprint density at radius 3 is 2.04 bits per heavy atom. The third-order valence-corrected chi connectivity index (χ3v) is 5.43. The predicted octanol–water partition coefficient (Wildman–Crippen LogP) is 2.81. The van der Waals surface area contributed by atoms with Crippen LogP contribution < -0.4 is 0 Å². The fourth-order valence-electron chi connectivity index (χ4n) is 2.51. The molecule has 2 aromatic carbocycles. The standard InChI is InChI=1S/C16H13NO7S2/c1-10-15(11-5-7-13(8-6-11)25(18,19)20)16(17-24-10)12-3-2-4-14(9-12)26(21,22)23/h2-9H,1H3,(H,18,19,20)(H,21,22,23). The number of aromatic nitrogens is 1. The van der Waals surface area contributed by atoms with E-state index >= 15 is 0 Å². The summed E-state index contributed by atoms with van der Waals surface area (Å²) in [6.07, 6.45) is 0. The van der Waals surface area contributed by atoms with Crippen molar-refractivity contribution in [1.29, 1.82) is 0 Å². The van der Waals surface area contributed by atoms with E-state index in [9.17, 15) is 21.4 Å². The van der Waals surface area contributed by atoms with Gasteiger partial charge in [-0.2, -0.15) is 16.8 Å². The molecule has 0 bridgehead atoms. The third kappa shape index (κ3) is 3.53. The first-order chi connectivity index (χ1) is 12.1. The summed E-state index contributed by atoms with van der Waals surface area (Å²) in [5.41, 5.74) is 1.81. The van der Waals surface area contributed by atoms with Gasteiger partial charge in [0.1, 0.15) is 11.5 Å². The average Bonchev–Trinajstić information content (AvgIpc) is 2.95. The van der Waals surface area contributed by atoms with Gasteiger partial charge in [-0.25, -0.2) is 0 Å². The van der Waals surface area contributed by atoms with Gasteiger partial charge in [-0.15, -0.1) is 0 Å². The summed E-state index contributed by atoms with van der Waals surface area (Å²) >= 11 is 0. The number of aryl methyl sites for hydroxylation is 1. The van der Waals surface area contributed by atoms with Crippen LogP contribution in [-0.4, -0.2) is 31.1 Å². The number of rotatable bonds is 4. The second-order valence-electron chi connectivity index (χ2n) is 5.46. The van der Waals surface area contributed by atoms with E-state index in [-0.39, 0.29) is 9.79 Å². The van der Waals surface area contributed by atoms with Gasteiger partial charge in [0.05, 0.1) is 15.4 Å². The van der Waals surface area contributed by atoms with E-state index in [2.05, 4.69) is 5.16 Å².